The van der Waals surface area contributed by atoms with E-state index in [9.17, 15) is 8.42 Å². The fourth-order valence-corrected chi connectivity index (χ4v) is 7.91. The van der Waals surface area contributed by atoms with Crippen LogP contribution in [0.2, 0.25) is 0 Å². The fourth-order valence-electron chi connectivity index (χ4n) is 6.71. The number of fused-ring (bicyclic) bond motifs is 5. The minimum atomic E-state index is -3.75. The van der Waals surface area contributed by atoms with E-state index in [0.717, 1.165) is 43.4 Å². The van der Waals surface area contributed by atoms with Crippen LogP contribution in [0.5, 0.6) is 5.75 Å². The van der Waals surface area contributed by atoms with Gasteiger partial charge in [0.2, 0.25) is 0 Å². The van der Waals surface area contributed by atoms with Gasteiger partial charge in [-0.3, -0.25) is 4.18 Å². The molecule has 0 aliphatic heterocycles. The highest BCUT2D eigenvalue weighted by atomic mass is 32.2. The zero-order valence-corrected chi connectivity index (χ0v) is 19.5. The molecule has 0 aromatic heterocycles. The number of methoxy groups -OCH3 is 1. The highest BCUT2D eigenvalue weighted by Crippen LogP contribution is 2.61. The molecule has 0 amide bonds. The highest BCUT2D eigenvalue weighted by Gasteiger charge is 2.56. The lowest BCUT2D eigenvalue weighted by Gasteiger charge is -2.50. The molecule has 5 heteroatoms. The summed E-state index contributed by atoms with van der Waals surface area (Å²) in [5, 5.41) is 0. The Morgan fingerprint density at radius 1 is 1.00 bits per heavy atom. The molecule has 2 saturated carbocycles. The van der Waals surface area contributed by atoms with Gasteiger partial charge >= 0.3 is 0 Å². The van der Waals surface area contributed by atoms with Crippen LogP contribution in [0.1, 0.15) is 61.6 Å². The monoisotopic (exact) mass is 440 g/mol. The lowest BCUT2D eigenvalue weighted by molar-refractivity contribution is -0.00804. The number of rotatable bonds is 4. The van der Waals surface area contributed by atoms with E-state index in [0.29, 0.717) is 17.8 Å². The van der Waals surface area contributed by atoms with E-state index in [1.165, 1.54) is 17.5 Å². The van der Waals surface area contributed by atoms with Crippen molar-refractivity contribution in [2.45, 2.75) is 69.3 Å². The molecule has 3 aliphatic rings. The molecule has 4 nitrogen and oxygen atoms in total. The van der Waals surface area contributed by atoms with Gasteiger partial charge in [0.05, 0.1) is 18.1 Å². The molecule has 2 fully saturated rings. The number of ether oxygens (including phenoxy) is 1. The molecule has 0 heterocycles. The minimum Gasteiger partial charge on any atom is -0.497 e. The Labute approximate surface area is 186 Å². The van der Waals surface area contributed by atoms with Crippen molar-refractivity contribution in [1.82, 2.24) is 0 Å². The number of benzene rings is 2. The summed E-state index contributed by atoms with van der Waals surface area (Å²) in [6.45, 7) is 4.23. The van der Waals surface area contributed by atoms with Crippen LogP contribution < -0.4 is 4.74 Å². The smallest absolute Gasteiger partial charge is 0.297 e. The summed E-state index contributed by atoms with van der Waals surface area (Å²) in [7, 11) is -2.02. The van der Waals surface area contributed by atoms with Gasteiger partial charge in [0.15, 0.2) is 0 Å². The van der Waals surface area contributed by atoms with Crippen molar-refractivity contribution in [2.24, 2.45) is 17.3 Å². The van der Waals surface area contributed by atoms with Crippen molar-refractivity contribution in [1.29, 1.82) is 0 Å². The maximum Gasteiger partial charge on any atom is 0.297 e. The molecule has 2 aromatic carbocycles. The Morgan fingerprint density at radius 2 is 1.77 bits per heavy atom. The average molecular weight is 441 g/mol. The average Bonchev–Trinajstić information content (AvgIpc) is 3.09. The molecule has 0 N–H and O–H groups in total. The first-order valence-corrected chi connectivity index (χ1v) is 12.9. The second-order valence-corrected chi connectivity index (χ2v) is 11.5. The van der Waals surface area contributed by atoms with Gasteiger partial charge in [-0.15, -0.1) is 0 Å². The summed E-state index contributed by atoms with van der Waals surface area (Å²) in [6.07, 6.45) is 6.00. The summed E-state index contributed by atoms with van der Waals surface area (Å²) < 4.78 is 37.3. The Kier molecular flexibility index (Phi) is 5.17. The third-order valence-electron chi connectivity index (χ3n) is 8.40. The molecule has 0 bridgehead atoms. The largest absolute Gasteiger partial charge is 0.497 e. The van der Waals surface area contributed by atoms with Crippen LogP contribution >= 0.6 is 0 Å². The quantitative estimate of drug-likeness (QED) is 0.578. The van der Waals surface area contributed by atoms with Crippen LogP contribution in [-0.2, 0) is 20.7 Å². The first kappa shape index (κ1) is 21.0. The topological polar surface area (TPSA) is 52.6 Å². The van der Waals surface area contributed by atoms with Crippen LogP contribution in [0, 0.1) is 24.2 Å². The summed E-state index contributed by atoms with van der Waals surface area (Å²) >= 11 is 0. The second kappa shape index (κ2) is 7.63. The van der Waals surface area contributed by atoms with Crippen LogP contribution in [0.25, 0.3) is 0 Å². The molecule has 3 aliphatic carbocycles. The lowest BCUT2D eigenvalue weighted by Crippen LogP contribution is -2.45. The van der Waals surface area contributed by atoms with E-state index in [4.69, 9.17) is 8.92 Å². The van der Waals surface area contributed by atoms with E-state index in [1.54, 1.807) is 19.2 Å². The maximum absolute atomic E-state index is 13.0. The molecule has 0 saturated heterocycles. The lowest BCUT2D eigenvalue weighted by atomic mass is 9.55. The summed E-state index contributed by atoms with van der Waals surface area (Å²) in [6, 6.07) is 13.5. The van der Waals surface area contributed by atoms with E-state index in [-0.39, 0.29) is 16.4 Å². The van der Waals surface area contributed by atoms with Gasteiger partial charge in [-0.2, -0.15) is 8.42 Å². The maximum atomic E-state index is 13.0. The molecule has 0 unspecified atom stereocenters. The van der Waals surface area contributed by atoms with Crippen molar-refractivity contribution in [3.63, 3.8) is 0 Å². The van der Waals surface area contributed by atoms with Crippen molar-refractivity contribution in [3.8, 4) is 5.75 Å². The van der Waals surface area contributed by atoms with Crippen molar-refractivity contribution in [3.05, 3.63) is 59.2 Å². The summed E-state index contributed by atoms with van der Waals surface area (Å²) in [5.41, 5.74) is 3.87. The van der Waals surface area contributed by atoms with Crippen LogP contribution in [0.4, 0.5) is 0 Å². The van der Waals surface area contributed by atoms with E-state index >= 15 is 0 Å². The number of hydrogen-bond acceptors (Lipinski definition) is 4. The van der Waals surface area contributed by atoms with Crippen molar-refractivity contribution in [2.75, 3.05) is 7.11 Å². The van der Waals surface area contributed by atoms with Gasteiger partial charge in [-0.25, -0.2) is 0 Å². The Balaban J connectivity index is 1.38. The number of aryl methyl sites for hydroxylation is 2. The summed E-state index contributed by atoms with van der Waals surface area (Å²) in [4.78, 5) is 0.263. The zero-order chi connectivity index (χ0) is 21.8. The van der Waals surface area contributed by atoms with Crippen LogP contribution in [0.15, 0.2) is 47.4 Å². The molecule has 5 atom stereocenters. The molecule has 166 valence electrons. The molecule has 31 heavy (non-hydrogen) atoms. The Hall–Kier alpha value is -1.85. The summed E-state index contributed by atoms with van der Waals surface area (Å²) in [5.74, 6) is 2.63. The molecular weight excluding hydrogens is 408 g/mol. The normalized spacial score (nSPS) is 32.1. The Morgan fingerprint density at radius 3 is 2.52 bits per heavy atom. The first-order valence-electron chi connectivity index (χ1n) is 11.5. The highest BCUT2D eigenvalue weighted by molar-refractivity contribution is 7.86. The third-order valence-corrected chi connectivity index (χ3v) is 9.73. The predicted octanol–water partition coefficient (Wildman–Crippen LogP) is 5.63. The predicted molar refractivity (Wildman–Crippen MR) is 121 cm³/mol. The standard InChI is InChI=1S/C26H32O4S/c1-17-4-8-20(9-5-17)31(27,28)30-25-13-12-24-23-10-6-18-16-19(29-3)7-11-21(18)22(23)14-15-26(24,25)2/h4-5,7-9,11,16,22-25H,6,10,12-15H2,1-3H3/t22-,23-,24-,25+,26+/m1/s1. The third kappa shape index (κ3) is 3.50. The van der Waals surface area contributed by atoms with Crippen molar-refractivity contribution < 1.29 is 17.3 Å². The van der Waals surface area contributed by atoms with Gasteiger partial charge < -0.3 is 4.74 Å². The molecule has 2 aromatic rings. The van der Waals surface area contributed by atoms with Gasteiger partial charge in [0.25, 0.3) is 10.1 Å². The molecule has 0 radical (unpaired) electrons. The molecule has 0 spiro atoms. The van der Waals surface area contributed by atoms with Crippen molar-refractivity contribution >= 4 is 10.1 Å². The van der Waals surface area contributed by atoms with E-state index < -0.39 is 10.1 Å². The SMILES string of the molecule is COc1ccc2c(c1)CC[C@@H]1[C@@H]2CC[C@]2(C)[C@@H](OS(=O)(=O)c3ccc(C)cc3)CC[C@H]12. The fraction of sp³-hybridized carbons (Fsp3) is 0.538. The van der Waals surface area contributed by atoms with Gasteiger partial charge in [-0.05, 0) is 104 Å². The van der Waals surface area contributed by atoms with E-state index in [1.807, 2.05) is 19.1 Å². The first-order chi connectivity index (χ1) is 14.8. The molecule has 5 rings (SSSR count). The van der Waals surface area contributed by atoms with Gasteiger partial charge in [0, 0.05) is 0 Å². The van der Waals surface area contributed by atoms with Crippen LogP contribution in [0.3, 0.4) is 0 Å². The molecular formula is C26H32O4S. The van der Waals surface area contributed by atoms with E-state index in [2.05, 4.69) is 25.1 Å². The second-order valence-electron chi connectivity index (χ2n) is 9.95. The van der Waals surface area contributed by atoms with Gasteiger partial charge in [-0.1, -0.05) is 30.7 Å². The minimum absolute atomic E-state index is 0.0804. The van der Waals surface area contributed by atoms with Gasteiger partial charge in [0.1, 0.15) is 5.75 Å². The Bertz CT molecular complexity index is 1080. The van der Waals surface area contributed by atoms with Crippen LogP contribution in [-0.4, -0.2) is 21.6 Å². The number of hydrogen-bond donors (Lipinski definition) is 0. The zero-order valence-electron chi connectivity index (χ0n) is 18.6.